The van der Waals surface area contributed by atoms with E-state index in [0.29, 0.717) is 11.9 Å². The average molecular weight is 210 g/mol. The molecule has 1 N–H and O–H groups in total. The van der Waals surface area contributed by atoms with Crippen molar-refractivity contribution in [3.8, 4) is 0 Å². The van der Waals surface area contributed by atoms with Gasteiger partial charge in [0.15, 0.2) is 5.82 Å². The molecule has 84 valence electrons. The summed E-state index contributed by atoms with van der Waals surface area (Å²) in [5, 5.41) is 7.23. The number of nitrogens with one attached hydrogen (secondary N) is 1. The minimum Gasteiger partial charge on any atom is -0.340 e. The molecule has 1 aromatic rings. The van der Waals surface area contributed by atoms with Crippen molar-refractivity contribution < 1.29 is 4.52 Å². The highest BCUT2D eigenvalue weighted by Crippen LogP contribution is 2.11. The van der Waals surface area contributed by atoms with Gasteiger partial charge in [-0.3, -0.25) is 4.90 Å². The maximum Gasteiger partial charge on any atom is 0.223 e. The third kappa shape index (κ3) is 2.76. The number of aromatic nitrogens is 2. The molecule has 1 aliphatic heterocycles. The summed E-state index contributed by atoms with van der Waals surface area (Å²) in [4.78, 5) is 6.59. The zero-order chi connectivity index (χ0) is 10.7. The van der Waals surface area contributed by atoms with Gasteiger partial charge in [0.05, 0.1) is 6.54 Å². The van der Waals surface area contributed by atoms with Gasteiger partial charge >= 0.3 is 0 Å². The monoisotopic (exact) mass is 210 g/mol. The summed E-state index contributed by atoms with van der Waals surface area (Å²) in [7, 11) is 2.02. The molecule has 5 heteroatoms. The van der Waals surface area contributed by atoms with E-state index in [1.807, 2.05) is 14.0 Å². The first-order chi connectivity index (χ1) is 7.28. The Bertz CT molecular complexity index is 312. The van der Waals surface area contributed by atoms with Gasteiger partial charge in [0.2, 0.25) is 5.89 Å². The summed E-state index contributed by atoms with van der Waals surface area (Å²) in [6, 6.07) is 0.603. The summed E-state index contributed by atoms with van der Waals surface area (Å²) in [5.41, 5.74) is 0. The van der Waals surface area contributed by atoms with Crippen LogP contribution in [0.4, 0.5) is 0 Å². The van der Waals surface area contributed by atoms with E-state index in [-0.39, 0.29) is 0 Å². The van der Waals surface area contributed by atoms with Crippen LogP contribution in [0.3, 0.4) is 0 Å². The lowest BCUT2D eigenvalue weighted by Crippen LogP contribution is -2.44. The predicted molar refractivity (Wildman–Crippen MR) is 56.4 cm³/mol. The zero-order valence-corrected chi connectivity index (χ0v) is 9.36. The van der Waals surface area contributed by atoms with E-state index in [1.165, 1.54) is 12.8 Å². The second-order valence-electron chi connectivity index (χ2n) is 4.09. The number of rotatable bonds is 3. The lowest BCUT2D eigenvalue weighted by atomic mass is 10.1. The molecule has 1 aliphatic rings. The normalized spacial score (nSPS) is 23.2. The molecule has 0 radical (unpaired) electrons. The Morgan fingerprint density at radius 3 is 3.13 bits per heavy atom. The summed E-state index contributed by atoms with van der Waals surface area (Å²) < 4.78 is 4.96. The van der Waals surface area contributed by atoms with Gasteiger partial charge in [0.1, 0.15) is 0 Å². The molecule has 2 heterocycles. The van der Waals surface area contributed by atoms with Gasteiger partial charge in [-0.05, 0) is 26.4 Å². The molecule has 0 amide bonds. The molecule has 1 unspecified atom stereocenters. The van der Waals surface area contributed by atoms with E-state index >= 15 is 0 Å². The molecule has 15 heavy (non-hydrogen) atoms. The maximum absolute atomic E-state index is 4.96. The maximum atomic E-state index is 4.96. The summed E-state index contributed by atoms with van der Waals surface area (Å²) >= 11 is 0. The number of piperidine rings is 1. The van der Waals surface area contributed by atoms with Crippen molar-refractivity contribution in [1.82, 2.24) is 20.4 Å². The molecule has 0 spiro atoms. The van der Waals surface area contributed by atoms with Crippen molar-refractivity contribution >= 4 is 0 Å². The van der Waals surface area contributed by atoms with Gasteiger partial charge in [0, 0.05) is 19.5 Å². The van der Waals surface area contributed by atoms with Crippen LogP contribution in [-0.4, -0.2) is 41.2 Å². The van der Waals surface area contributed by atoms with Crippen LogP contribution >= 0.6 is 0 Å². The first kappa shape index (κ1) is 10.6. The van der Waals surface area contributed by atoms with Crippen molar-refractivity contribution in [2.24, 2.45) is 0 Å². The highest BCUT2D eigenvalue weighted by atomic mass is 16.5. The quantitative estimate of drug-likeness (QED) is 0.790. The zero-order valence-electron chi connectivity index (χ0n) is 9.36. The molecule has 1 aromatic heterocycles. The Kier molecular flexibility index (Phi) is 3.33. The van der Waals surface area contributed by atoms with E-state index in [0.717, 1.165) is 25.5 Å². The lowest BCUT2D eigenvalue weighted by molar-refractivity contribution is 0.182. The number of likely N-dealkylation sites (N-methyl/N-ethyl adjacent to an activating group) is 1. The van der Waals surface area contributed by atoms with Crippen LogP contribution < -0.4 is 5.32 Å². The average Bonchev–Trinajstić information content (AvgIpc) is 2.64. The van der Waals surface area contributed by atoms with Crippen LogP contribution in [0, 0.1) is 6.92 Å². The second-order valence-corrected chi connectivity index (χ2v) is 4.09. The minimum absolute atomic E-state index is 0.603. The molecular formula is C10H18N4O. The third-order valence-electron chi connectivity index (χ3n) is 2.85. The summed E-state index contributed by atoms with van der Waals surface area (Å²) in [6.07, 6.45) is 2.50. The van der Waals surface area contributed by atoms with Crippen molar-refractivity contribution in [2.75, 3.05) is 20.1 Å². The largest absolute Gasteiger partial charge is 0.340 e. The summed E-state index contributed by atoms with van der Waals surface area (Å²) in [5.74, 6) is 1.44. The molecule has 1 atom stereocenters. The Morgan fingerprint density at radius 2 is 2.47 bits per heavy atom. The van der Waals surface area contributed by atoms with Crippen LogP contribution in [0.15, 0.2) is 4.52 Å². The smallest absolute Gasteiger partial charge is 0.223 e. The van der Waals surface area contributed by atoms with E-state index < -0.39 is 0 Å². The Labute approximate surface area is 89.8 Å². The van der Waals surface area contributed by atoms with E-state index in [9.17, 15) is 0 Å². The predicted octanol–water partition coefficient (Wildman–Crippen LogP) is 0.562. The van der Waals surface area contributed by atoms with Crippen LogP contribution in [0.5, 0.6) is 0 Å². The Balaban J connectivity index is 1.88. The number of aryl methyl sites for hydroxylation is 1. The van der Waals surface area contributed by atoms with E-state index in [1.54, 1.807) is 0 Å². The van der Waals surface area contributed by atoms with Gasteiger partial charge in [0.25, 0.3) is 0 Å². The highest BCUT2D eigenvalue weighted by Gasteiger charge is 2.19. The fraction of sp³-hybridized carbons (Fsp3) is 0.800. The minimum atomic E-state index is 0.603. The van der Waals surface area contributed by atoms with Crippen LogP contribution in [-0.2, 0) is 6.54 Å². The Hall–Kier alpha value is -0.940. The fourth-order valence-electron chi connectivity index (χ4n) is 2.04. The van der Waals surface area contributed by atoms with Crippen LogP contribution in [0.2, 0.25) is 0 Å². The number of hydrogen-bond acceptors (Lipinski definition) is 5. The number of hydrogen-bond donors (Lipinski definition) is 1. The van der Waals surface area contributed by atoms with Crippen LogP contribution in [0.1, 0.15) is 24.6 Å². The van der Waals surface area contributed by atoms with Crippen molar-refractivity contribution in [3.63, 3.8) is 0 Å². The van der Waals surface area contributed by atoms with Gasteiger partial charge in [-0.25, -0.2) is 0 Å². The number of likely N-dealkylation sites (tertiary alicyclic amines) is 1. The van der Waals surface area contributed by atoms with Gasteiger partial charge in [-0.1, -0.05) is 5.16 Å². The molecule has 1 saturated heterocycles. The molecule has 0 aliphatic carbocycles. The molecule has 5 nitrogen and oxygen atoms in total. The topological polar surface area (TPSA) is 54.2 Å². The second kappa shape index (κ2) is 4.72. The lowest BCUT2D eigenvalue weighted by Gasteiger charge is -2.31. The SMILES string of the molecule is CNC1CCCN(Cc2noc(C)n2)C1. The van der Waals surface area contributed by atoms with E-state index in [4.69, 9.17) is 4.52 Å². The summed E-state index contributed by atoms with van der Waals surface area (Å²) in [6.45, 7) is 4.83. The van der Waals surface area contributed by atoms with Gasteiger partial charge in [-0.2, -0.15) is 4.98 Å². The third-order valence-corrected chi connectivity index (χ3v) is 2.85. The van der Waals surface area contributed by atoms with Crippen molar-refractivity contribution in [2.45, 2.75) is 32.4 Å². The van der Waals surface area contributed by atoms with E-state index in [2.05, 4.69) is 20.4 Å². The molecule has 2 rings (SSSR count). The van der Waals surface area contributed by atoms with Crippen molar-refractivity contribution in [1.29, 1.82) is 0 Å². The first-order valence-electron chi connectivity index (χ1n) is 5.46. The standard InChI is InChI=1S/C10H18N4O/c1-8-12-10(13-15-8)7-14-5-3-4-9(6-14)11-2/h9,11H,3-7H2,1-2H3. The van der Waals surface area contributed by atoms with Crippen LogP contribution in [0.25, 0.3) is 0 Å². The molecule has 0 aromatic carbocycles. The first-order valence-corrected chi connectivity index (χ1v) is 5.46. The molecule has 0 bridgehead atoms. The molecule has 0 saturated carbocycles. The fourth-order valence-corrected chi connectivity index (χ4v) is 2.04. The van der Waals surface area contributed by atoms with Gasteiger partial charge in [-0.15, -0.1) is 0 Å². The number of nitrogens with zero attached hydrogens (tertiary/aromatic N) is 3. The van der Waals surface area contributed by atoms with Crippen molar-refractivity contribution in [3.05, 3.63) is 11.7 Å². The highest BCUT2D eigenvalue weighted by molar-refractivity contribution is 4.86. The Morgan fingerprint density at radius 1 is 1.60 bits per heavy atom. The molecule has 1 fully saturated rings. The molecular weight excluding hydrogens is 192 g/mol. The van der Waals surface area contributed by atoms with Gasteiger partial charge < -0.3 is 9.84 Å².